The molecule has 1 heterocycles. The van der Waals surface area contributed by atoms with Gasteiger partial charge in [0.05, 0.1) is 0 Å². The Labute approximate surface area is 79.0 Å². The summed E-state index contributed by atoms with van der Waals surface area (Å²) < 4.78 is 12.2. The average molecular weight is 198 g/mol. The summed E-state index contributed by atoms with van der Waals surface area (Å²) >= 11 is 0. The van der Waals surface area contributed by atoms with Gasteiger partial charge in [0, 0.05) is 30.0 Å². The Kier molecular flexibility index (Phi) is 3.21. The van der Waals surface area contributed by atoms with E-state index in [1.165, 1.54) is 0 Å². The van der Waals surface area contributed by atoms with Crippen molar-refractivity contribution >= 4 is 12.4 Å². The van der Waals surface area contributed by atoms with Gasteiger partial charge in [0.1, 0.15) is 13.0 Å². The molecule has 0 amide bonds. The van der Waals surface area contributed by atoms with Crippen molar-refractivity contribution in [3.05, 3.63) is 18.2 Å². The molecule has 1 rings (SSSR count). The Morgan fingerprint density at radius 3 is 2.08 bits per heavy atom. The van der Waals surface area contributed by atoms with Crippen molar-refractivity contribution in [2.45, 2.75) is 20.8 Å². The summed E-state index contributed by atoms with van der Waals surface area (Å²) in [6.45, 7) is 5.72. The second-order valence-corrected chi connectivity index (χ2v) is 6.57. The van der Waals surface area contributed by atoms with E-state index in [9.17, 15) is 4.57 Å². The predicted molar refractivity (Wildman–Crippen MR) is 55.1 cm³/mol. The van der Waals surface area contributed by atoms with Gasteiger partial charge in [-0.2, -0.15) is 0 Å². The highest BCUT2D eigenvalue weighted by atomic mass is 31.2. The van der Waals surface area contributed by atoms with Gasteiger partial charge in [0.15, 0.2) is 0 Å². The fourth-order valence-electron chi connectivity index (χ4n) is 1.18. The summed E-state index contributed by atoms with van der Waals surface area (Å²) in [7, 11) is -2.18. The van der Waals surface area contributed by atoms with Gasteiger partial charge in [-0.3, -0.25) is 0 Å². The first-order chi connectivity index (χ1) is 6.12. The van der Waals surface area contributed by atoms with Crippen LogP contribution in [0.3, 0.4) is 0 Å². The van der Waals surface area contributed by atoms with Crippen molar-refractivity contribution in [2.75, 3.05) is 12.3 Å². The molecule has 3 nitrogen and oxygen atoms in total. The highest BCUT2D eigenvalue weighted by molar-refractivity contribution is 7.71. The van der Waals surface area contributed by atoms with Crippen LogP contribution in [0.1, 0.15) is 19.7 Å². The molecule has 0 saturated carbocycles. The molecular weight excluding hydrogens is 183 g/mol. The molecule has 13 heavy (non-hydrogen) atoms. The number of aromatic nitrogens is 2. The molecule has 0 bridgehead atoms. The smallest absolute Gasteiger partial charge is 0.125 e. The number of hydrogen-bond donors (Lipinski definition) is 0. The molecule has 0 aromatic carbocycles. The summed E-state index contributed by atoms with van der Waals surface area (Å²) in [5.74, 6) is 0.725. The van der Waals surface area contributed by atoms with Crippen molar-refractivity contribution in [2.24, 2.45) is 0 Å². The van der Waals surface area contributed by atoms with Crippen LogP contribution in [0.4, 0.5) is 0 Å². The zero-order chi connectivity index (χ0) is 9.90. The van der Waals surface area contributed by atoms with E-state index in [2.05, 4.69) is 9.97 Å². The molecule has 0 aliphatic carbocycles. The van der Waals surface area contributed by atoms with Crippen LogP contribution < -0.4 is 5.30 Å². The Hall–Kier alpha value is -0.690. The topological polar surface area (TPSA) is 42.9 Å². The third-order valence-corrected chi connectivity index (χ3v) is 5.47. The van der Waals surface area contributed by atoms with E-state index in [0.717, 1.165) is 11.1 Å². The van der Waals surface area contributed by atoms with E-state index in [0.29, 0.717) is 12.3 Å². The van der Waals surface area contributed by atoms with Crippen molar-refractivity contribution in [1.82, 2.24) is 9.97 Å². The lowest BCUT2D eigenvalue weighted by molar-refractivity contribution is 0.582. The van der Waals surface area contributed by atoms with Gasteiger partial charge < -0.3 is 4.57 Å². The van der Waals surface area contributed by atoms with Crippen LogP contribution in [0, 0.1) is 6.92 Å². The quantitative estimate of drug-likeness (QED) is 0.695. The van der Waals surface area contributed by atoms with Crippen LogP contribution in [0.2, 0.25) is 0 Å². The lowest BCUT2D eigenvalue weighted by Gasteiger charge is -2.12. The zero-order valence-corrected chi connectivity index (χ0v) is 9.21. The van der Waals surface area contributed by atoms with Gasteiger partial charge in [-0.05, 0) is 6.92 Å². The Bertz CT molecular complexity index is 313. The summed E-state index contributed by atoms with van der Waals surface area (Å²) in [6.07, 6.45) is 4.76. The molecule has 0 unspecified atom stereocenters. The lowest BCUT2D eigenvalue weighted by Crippen LogP contribution is -2.11. The standard InChI is InChI=1S/C9H15N2OP/c1-4-13(12,5-2)9-6-10-8(3)11-7-9/h6-7H,4-5H2,1-3H3. The van der Waals surface area contributed by atoms with E-state index in [4.69, 9.17) is 0 Å². The SMILES string of the molecule is CCP(=O)(CC)c1cnc(C)nc1. The second kappa shape index (κ2) is 4.01. The van der Waals surface area contributed by atoms with Gasteiger partial charge >= 0.3 is 0 Å². The molecule has 1 aromatic rings. The number of hydrogen-bond acceptors (Lipinski definition) is 3. The summed E-state index contributed by atoms with van der Waals surface area (Å²) in [4.78, 5) is 8.12. The first-order valence-corrected chi connectivity index (χ1v) is 6.57. The molecule has 0 aliphatic heterocycles. The lowest BCUT2D eigenvalue weighted by atomic mass is 10.6. The van der Waals surface area contributed by atoms with E-state index in [1.807, 2.05) is 20.8 Å². The largest absolute Gasteiger partial charge is 0.319 e. The van der Waals surface area contributed by atoms with E-state index < -0.39 is 7.14 Å². The van der Waals surface area contributed by atoms with Crippen molar-refractivity contribution < 1.29 is 4.57 Å². The van der Waals surface area contributed by atoms with E-state index >= 15 is 0 Å². The third-order valence-electron chi connectivity index (χ3n) is 2.26. The molecule has 0 radical (unpaired) electrons. The minimum Gasteiger partial charge on any atom is -0.319 e. The molecule has 0 aliphatic rings. The summed E-state index contributed by atoms with van der Waals surface area (Å²) in [5.41, 5.74) is 0. The van der Waals surface area contributed by atoms with Gasteiger partial charge in [-0.1, -0.05) is 13.8 Å². The fraction of sp³-hybridized carbons (Fsp3) is 0.556. The molecule has 0 saturated heterocycles. The highest BCUT2D eigenvalue weighted by Gasteiger charge is 2.20. The van der Waals surface area contributed by atoms with Crippen LogP contribution in [0.25, 0.3) is 0 Å². The van der Waals surface area contributed by atoms with Crippen LogP contribution in [0.5, 0.6) is 0 Å². The highest BCUT2D eigenvalue weighted by Crippen LogP contribution is 2.42. The molecule has 0 fully saturated rings. The number of rotatable bonds is 3. The molecular formula is C9H15N2OP. The van der Waals surface area contributed by atoms with Crippen molar-refractivity contribution in [3.8, 4) is 0 Å². The number of nitrogens with zero attached hydrogens (tertiary/aromatic N) is 2. The fourth-order valence-corrected chi connectivity index (χ4v) is 2.90. The van der Waals surface area contributed by atoms with Gasteiger partial charge in [0.2, 0.25) is 0 Å². The Morgan fingerprint density at radius 1 is 1.23 bits per heavy atom. The van der Waals surface area contributed by atoms with E-state index in [1.54, 1.807) is 12.4 Å². The van der Waals surface area contributed by atoms with Crippen LogP contribution in [-0.2, 0) is 4.57 Å². The summed E-state index contributed by atoms with van der Waals surface area (Å²) in [6, 6.07) is 0. The maximum Gasteiger partial charge on any atom is 0.125 e. The van der Waals surface area contributed by atoms with Crippen molar-refractivity contribution in [3.63, 3.8) is 0 Å². The molecule has 0 atom stereocenters. The first-order valence-electron chi connectivity index (χ1n) is 4.49. The maximum atomic E-state index is 12.2. The van der Waals surface area contributed by atoms with Gasteiger partial charge in [-0.25, -0.2) is 9.97 Å². The second-order valence-electron chi connectivity index (χ2n) is 3.01. The van der Waals surface area contributed by atoms with Gasteiger partial charge in [0.25, 0.3) is 0 Å². The minimum atomic E-state index is -2.18. The molecule has 0 N–H and O–H groups in total. The Morgan fingerprint density at radius 2 is 1.69 bits per heavy atom. The van der Waals surface area contributed by atoms with Gasteiger partial charge in [-0.15, -0.1) is 0 Å². The average Bonchev–Trinajstić information content (AvgIpc) is 2.18. The van der Waals surface area contributed by atoms with Crippen LogP contribution >= 0.6 is 7.14 Å². The van der Waals surface area contributed by atoms with Crippen LogP contribution in [-0.4, -0.2) is 22.3 Å². The monoisotopic (exact) mass is 198 g/mol. The summed E-state index contributed by atoms with van der Waals surface area (Å²) in [5, 5.41) is 0.808. The third kappa shape index (κ3) is 2.16. The maximum absolute atomic E-state index is 12.2. The zero-order valence-electron chi connectivity index (χ0n) is 8.32. The molecule has 72 valence electrons. The molecule has 1 aromatic heterocycles. The molecule has 0 spiro atoms. The van der Waals surface area contributed by atoms with Crippen LogP contribution in [0.15, 0.2) is 12.4 Å². The normalized spacial score (nSPS) is 11.6. The number of aryl methyl sites for hydroxylation is 1. The molecule has 4 heteroatoms. The van der Waals surface area contributed by atoms with Crippen molar-refractivity contribution in [1.29, 1.82) is 0 Å². The minimum absolute atomic E-state index is 0.690. The predicted octanol–water partition coefficient (Wildman–Crippen LogP) is 1.81. The van der Waals surface area contributed by atoms with E-state index in [-0.39, 0.29) is 0 Å². The first kappa shape index (κ1) is 10.4. The Balaban J connectivity index is 3.07.